The van der Waals surface area contributed by atoms with Crippen molar-refractivity contribution in [3.8, 4) is 0 Å². The fourth-order valence-corrected chi connectivity index (χ4v) is 2.51. The second kappa shape index (κ2) is 5.65. The molecule has 0 aliphatic heterocycles. The molecule has 1 heterocycles. The Labute approximate surface area is 118 Å². The van der Waals surface area contributed by atoms with Crippen LogP contribution < -0.4 is 5.32 Å². The number of hydrogen-bond acceptors (Lipinski definition) is 1. The van der Waals surface area contributed by atoms with Gasteiger partial charge in [-0.05, 0) is 51.0 Å². The van der Waals surface area contributed by atoms with Gasteiger partial charge < -0.3 is 9.88 Å². The molecule has 1 aromatic carbocycles. The van der Waals surface area contributed by atoms with Crippen LogP contribution in [0, 0.1) is 32.4 Å². The van der Waals surface area contributed by atoms with Gasteiger partial charge in [-0.25, -0.2) is 8.78 Å². The number of hydrogen-bond donors (Lipinski definition) is 1. The van der Waals surface area contributed by atoms with Gasteiger partial charge in [0.15, 0.2) is 0 Å². The van der Waals surface area contributed by atoms with Gasteiger partial charge in [0, 0.05) is 30.5 Å². The van der Waals surface area contributed by atoms with Gasteiger partial charge in [0.25, 0.3) is 0 Å². The number of benzene rings is 1. The first-order chi connectivity index (χ1) is 9.43. The summed E-state index contributed by atoms with van der Waals surface area (Å²) in [7, 11) is 0. The van der Waals surface area contributed by atoms with Crippen LogP contribution in [0.4, 0.5) is 14.5 Å². The zero-order valence-electron chi connectivity index (χ0n) is 12.3. The molecule has 0 unspecified atom stereocenters. The minimum Gasteiger partial charge on any atom is -0.378 e. The first-order valence-electron chi connectivity index (χ1n) is 6.79. The molecule has 0 fully saturated rings. The molecule has 0 amide bonds. The molecule has 0 bridgehead atoms. The van der Waals surface area contributed by atoms with E-state index in [9.17, 15) is 8.78 Å². The number of aromatic nitrogens is 1. The molecule has 1 N–H and O–H groups in total. The van der Waals surface area contributed by atoms with Crippen molar-refractivity contribution in [2.24, 2.45) is 0 Å². The topological polar surface area (TPSA) is 17.0 Å². The van der Waals surface area contributed by atoms with E-state index in [1.54, 1.807) is 6.92 Å². The molecule has 0 atom stereocenters. The lowest BCUT2D eigenvalue weighted by Gasteiger charge is -2.10. The Morgan fingerprint density at radius 3 is 2.35 bits per heavy atom. The highest BCUT2D eigenvalue weighted by Crippen LogP contribution is 2.21. The molecule has 0 saturated heterocycles. The van der Waals surface area contributed by atoms with Gasteiger partial charge in [0.05, 0.1) is 5.69 Å². The molecule has 0 aliphatic rings. The summed E-state index contributed by atoms with van der Waals surface area (Å²) in [4.78, 5) is 0. The molecule has 108 valence electrons. The van der Waals surface area contributed by atoms with E-state index in [0.29, 0.717) is 12.1 Å². The van der Waals surface area contributed by atoms with Crippen LogP contribution in [0.2, 0.25) is 0 Å². The minimum atomic E-state index is -0.423. The second-order valence-corrected chi connectivity index (χ2v) is 5.08. The van der Waals surface area contributed by atoms with E-state index in [1.165, 1.54) is 17.8 Å². The average molecular weight is 278 g/mol. The van der Waals surface area contributed by atoms with Crippen LogP contribution in [-0.4, -0.2) is 4.57 Å². The van der Waals surface area contributed by atoms with Crippen molar-refractivity contribution in [1.29, 1.82) is 0 Å². The van der Waals surface area contributed by atoms with Gasteiger partial charge >= 0.3 is 0 Å². The van der Waals surface area contributed by atoms with Gasteiger partial charge in [-0.15, -0.1) is 0 Å². The Balaban J connectivity index is 2.19. The SMILES string of the molecule is CCn1c(C)cc(CNc2cc(F)c(C)cc2F)c1C. The van der Waals surface area contributed by atoms with Crippen molar-refractivity contribution in [2.75, 3.05) is 5.32 Å². The summed E-state index contributed by atoms with van der Waals surface area (Å²) in [5.74, 6) is -0.818. The highest BCUT2D eigenvalue weighted by Gasteiger charge is 2.10. The van der Waals surface area contributed by atoms with E-state index in [4.69, 9.17) is 0 Å². The standard InChI is InChI=1S/C16H20F2N2/c1-5-20-11(3)7-13(12(20)4)9-19-16-8-14(17)10(2)6-15(16)18/h6-8,19H,5,9H2,1-4H3. The van der Waals surface area contributed by atoms with E-state index in [2.05, 4.69) is 22.9 Å². The molecule has 2 rings (SSSR count). The first-order valence-corrected chi connectivity index (χ1v) is 6.79. The lowest BCUT2D eigenvalue weighted by Crippen LogP contribution is -2.05. The van der Waals surface area contributed by atoms with Crippen LogP contribution >= 0.6 is 0 Å². The van der Waals surface area contributed by atoms with Crippen LogP contribution in [0.5, 0.6) is 0 Å². The summed E-state index contributed by atoms with van der Waals surface area (Å²) in [6.45, 7) is 9.12. The molecule has 2 aromatic rings. The lowest BCUT2D eigenvalue weighted by atomic mass is 10.2. The van der Waals surface area contributed by atoms with E-state index in [-0.39, 0.29) is 5.69 Å². The highest BCUT2D eigenvalue weighted by atomic mass is 19.1. The zero-order chi connectivity index (χ0) is 14.9. The molecule has 0 saturated carbocycles. The third-order valence-electron chi connectivity index (χ3n) is 3.71. The largest absolute Gasteiger partial charge is 0.378 e. The van der Waals surface area contributed by atoms with E-state index < -0.39 is 11.6 Å². The number of nitrogens with one attached hydrogen (secondary N) is 1. The molecule has 0 aliphatic carbocycles. The van der Waals surface area contributed by atoms with Gasteiger partial charge in [-0.3, -0.25) is 0 Å². The van der Waals surface area contributed by atoms with E-state index in [0.717, 1.165) is 17.8 Å². The van der Waals surface area contributed by atoms with Gasteiger partial charge in [-0.2, -0.15) is 0 Å². The fraction of sp³-hybridized carbons (Fsp3) is 0.375. The summed E-state index contributed by atoms with van der Waals surface area (Å²) >= 11 is 0. The van der Waals surface area contributed by atoms with Crippen molar-refractivity contribution in [1.82, 2.24) is 4.57 Å². The monoisotopic (exact) mass is 278 g/mol. The van der Waals surface area contributed by atoms with Crippen molar-refractivity contribution in [3.05, 3.63) is 52.3 Å². The summed E-state index contributed by atoms with van der Waals surface area (Å²) in [5.41, 5.74) is 3.96. The minimum absolute atomic E-state index is 0.203. The first kappa shape index (κ1) is 14.6. The number of nitrogens with zero attached hydrogens (tertiary/aromatic N) is 1. The molecule has 4 heteroatoms. The summed E-state index contributed by atoms with van der Waals surface area (Å²) in [6, 6.07) is 4.50. The number of rotatable bonds is 4. The van der Waals surface area contributed by atoms with Gasteiger partial charge in [-0.1, -0.05) is 0 Å². The van der Waals surface area contributed by atoms with Crippen LogP contribution in [0.15, 0.2) is 18.2 Å². The molecule has 0 spiro atoms. The van der Waals surface area contributed by atoms with Gasteiger partial charge in [0.1, 0.15) is 11.6 Å². The van der Waals surface area contributed by atoms with Crippen molar-refractivity contribution < 1.29 is 8.78 Å². The number of anilines is 1. The number of aryl methyl sites for hydroxylation is 2. The van der Waals surface area contributed by atoms with Crippen molar-refractivity contribution in [2.45, 2.75) is 40.8 Å². The molecule has 0 radical (unpaired) electrons. The third-order valence-corrected chi connectivity index (χ3v) is 3.71. The smallest absolute Gasteiger partial charge is 0.146 e. The predicted molar refractivity (Wildman–Crippen MR) is 78.0 cm³/mol. The quantitative estimate of drug-likeness (QED) is 0.881. The molecular weight excluding hydrogens is 258 g/mol. The Morgan fingerprint density at radius 2 is 1.75 bits per heavy atom. The Kier molecular flexibility index (Phi) is 4.12. The van der Waals surface area contributed by atoms with Crippen LogP contribution in [-0.2, 0) is 13.1 Å². The average Bonchev–Trinajstić information content (AvgIpc) is 2.66. The van der Waals surface area contributed by atoms with Crippen LogP contribution in [0.25, 0.3) is 0 Å². The number of halogens is 2. The Hall–Kier alpha value is -1.84. The predicted octanol–water partition coefficient (Wildman–Crippen LogP) is 4.32. The summed E-state index contributed by atoms with van der Waals surface area (Å²) < 4.78 is 29.4. The maximum absolute atomic E-state index is 13.8. The van der Waals surface area contributed by atoms with Crippen molar-refractivity contribution in [3.63, 3.8) is 0 Å². The van der Waals surface area contributed by atoms with Gasteiger partial charge in [0.2, 0.25) is 0 Å². The van der Waals surface area contributed by atoms with Crippen molar-refractivity contribution >= 4 is 5.69 Å². The van der Waals surface area contributed by atoms with E-state index >= 15 is 0 Å². The maximum Gasteiger partial charge on any atom is 0.146 e. The normalized spacial score (nSPS) is 10.9. The Morgan fingerprint density at radius 1 is 1.05 bits per heavy atom. The molecule has 1 aromatic heterocycles. The highest BCUT2D eigenvalue weighted by molar-refractivity contribution is 5.47. The van der Waals surface area contributed by atoms with E-state index in [1.807, 2.05) is 13.8 Å². The second-order valence-electron chi connectivity index (χ2n) is 5.08. The fourth-order valence-electron chi connectivity index (χ4n) is 2.51. The van der Waals surface area contributed by atoms with Crippen LogP contribution in [0.3, 0.4) is 0 Å². The van der Waals surface area contributed by atoms with Crippen LogP contribution in [0.1, 0.15) is 29.4 Å². The maximum atomic E-state index is 13.8. The lowest BCUT2D eigenvalue weighted by molar-refractivity contribution is 0.594. The summed E-state index contributed by atoms with van der Waals surface area (Å²) in [6.07, 6.45) is 0. The Bertz CT molecular complexity index is 630. The third kappa shape index (κ3) is 2.69. The summed E-state index contributed by atoms with van der Waals surface area (Å²) in [5, 5.41) is 2.97. The molecule has 20 heavy (non-hydrogen) atoms. The zero-order valence-corrected chi connectivity index (χ0v) is 12.3. The molecule has 2 nitrogen and oxygen atoms in total. The molecular formula is C16H20F2N2.